The van der Waals surface area contributed by atoms with Crippen LogP contribution in [-0.2, 0) is 9.47 Å². The molecule has 150 valence electrons. The third kappa shape index (κ3) is 6.21. The molecule has 0 aliphatic rings. The molecule has 2 rings (SSSR count). The molecule has 0 spiro atoms. The van der Waals surface area contributed by atoms with Gasteiger partial charge in [0.25, 0.3) is 0 Å². The van der Waals surface area contributed by atoms with Gasteiger partial charge in [0, 0.05) is 12.1 Å². The van der Waals surface area contributed by atoms with Gasteiger partial charge in [-0.25, -0.2) is 0 Å². The Morgan fingerprint density at radius 2 is 1.54 bits per heavy atom. The Bertz CT molecular complexity index is 839. The van der Waals surface area contributed by atoms with Crippen LogP contribution in [0.25, 0.3) is 0 Å². The predicted molar refractivity (Wildman–Crippen MR) is 103 cm³/mol. The maximum atomic E-state index is 12.5. The number of carbonyl (C=O) groups is 1. The van der Waals surface area contributed by atoms with Crippen LogP contribution in [0.2, 0.25) is 0 Å². The van der Waals surface area contributed by atoms with E-state index in [2.05, 4.69) is 0 Å². The molecule has 0 unspecified atom stereocenters. The summed E-state index contributed by atoms with van der Waals surface area (Å²) in [5.41, 5.74) is 1.07. The Morgan fingerprint density at radius 1 is 0.893 bits per heavy atom. The number of hydrogen-bond donors (Lipinski definition) is 3. The van der Waals surface area contributed by atoms with Gasteiger partial charge in [0.2, 0.25) is 0 Å². The maximum absolute atomic E-state index is 12.5. The zero-order valence-corrected chi connectivity index (χ0v) is 15.8. The summed E-state index contributed by atoms with van der Waals surface area (Å²) in [4.78, 5) is 12.5. The Morgan fingerprint density at radius 3 is 2.18 bits per heavy atom. The second-order valence-corrected chi connectivity index (χ2v) is 6.24. The minimum atomic E-state index is -0.568. The summed E-state index contributed by atoms with van der Waals surface area (Å²) in [6.45, 7) is 5.39. The summed E-state index contributed by atoms with van der Waals surface area (Å²) in [6.07, 6.45) is 1.67. The average Bonchev–Trinajstić information content (AvgIpc) is 2.63. The lowest BCUT2D eigenvalue weighted by atomic mass is 10.0. The fourth-order valence-corrected chi connectivity index (χ4v) is 2.30. The molecule has 7 heteroatoms. The first-order valence-electron chi connectivity index (χ1n) is 8.73. The van der Waals surface area contributed by atoms with E-state index in [1.165, 1.54) is 24.3 Å². The van der Waals surface area contributed by atoms with Crippen molar-refractivity contribution in [2.45, 2.75) is 13.8 Å². The highest BCUT2D eigenvalue weighted by atomic mass is 16.5. The predicted octanol–water partition coefficient (Wildman–Crippen LogP) is 3.37. The van der Waals surface area contributed by atoms with Gasteiger partial charge >= 0.3 is 0 Å². The number of carbonyl (C=O) groups excluding carboxylic acids is 1. The molecule has 0 fully saturated rings. The smallest absolute Gasteiger partial charge is 0.200 e. The lowest BCUT2D eigenvalue weighted by Gasteiger charge is -2.10. The molecule has 0 radical (unpaired) electrons. The molecule has 0 aliphatic heterocycles. The van der Waals surface area contributed by atoms with Crippen LogP contribution in [0.5, 0.6) is 23.0 Å². The van der Waals surface area contributed by atoms with Crippen molar-refractivity contribution in [3.63, 3.8) is 0 Å². The van der Waals surface area contributed by atoms with E-state index in [0.29, 0.717) is 25.6 Å². The monoisotopic (exact) mass is 388 g/mol. The molecule has 7 nitrogen and oxygen atoms in total. The molecule has 2 aromatic carbocycles. The summed E-state index contributed by atoms with van der Waals surface area (Å²) >= 11 is 0. The molecule has 0 saturated carbocycles. The van der Waals surface area contributed by atoms with Gasteiger partial charge in [0.15, 0.2) is 5.78 Å². The summed E-state index contributed by atoms with van der Waals surface area (Å²) in [5.74, 6) is -0.983. The van der Waals surface area contributed by atoms with Gasteiger partial charge in [0.1, 0.15) is 36.2 Å². The zero-order valence-electron chi connectivity index (χ0n) is 15.8. The van der Waals surface area contributed by atoms with E-state index in [1.807, 2.05) is 13.8 Å². The van der Waals surface area contributed by atoms with Crippen LogP contribution < -0.4 is 4.74 Å². The van der Waals surface area contributed by atoms with E-state index in [-0.39, 0.29) is 35.0 Å². The van der Waals surface area contributed by atoms with E-state index < -0.39 is 5.78 Å². The minimum Gasteiger partial charge on any atom is -0.508 e. The molecule has 2 aromatic rings. The van der Waals surface area contributed by atoms with E-state index >= 15 is 0 Å². The molecule has 0 atom stereocenters. The average molecular weight is 388 g/mol. The molecule has 0 bridgehead atoms. The minimum absolute atomic E-state index is 0.0148. The van der Waals surface area contributed by atoms with Crippen LogP contribution in [0.1, 0.15) is 29.8 Å². The van der Waals surface area contributed by atoms with Crippen molar-refractivity contribution < 1.29 is 34.3 Å². The van der Waals surface area contributed by atoms with Gasteiger partial charge < -0.3 is 29.5 Å². The number of phenols is 3. The van der Waals surface area contributed by atoms with Crippen molar-refractivity contribution in [3.05, 3.63) is 59.4 Å². The third-order valence-electron chi connectivity index (χ3n) is 3.60. The van der Waals surface area contributed by atoms with Gasteiger partial charge in [-0.3, -0.25) is 4.79 Å². The number of rotatable bonds is 10. The number of hydrogen-bond acceptors (Lipinski definition) is 7. The number of ether oxygens (including phenoxy) is 3. The van der Waals surface area contributed by atoms with Crippen molar-refractivity contribution in [2.24, 2.45) is 0 Å². The van der Waals surface area contributed by atoms with Crippen LogP contribution in [-0.4, -0.2) is 47.5 Å². The lowest BCUT2D eigenvalue weighted by Crippen LogP contribution is -2.10. The first-order chi connectivity index (χ1) is 13.4. The van der Waals surface area contributed by atoms with Crippen LogP contribution in [0.3, 0.4) is 0 Å². The van der Waals surface area contributed by atoms with Crippen molar-refractivity contribution in [1.29, 1.82) is 0 Å². The van der Waals surface area contributed by atoms with Crippen LogP contribution >= 0.6 is 0 Å². The molecule has 0 heterocycles. The third-order valence-corrected chi connectivity index (χ3v) is 3.60. The summed E-state index contributed by atoms with van der Waals surface area (Å²) in [6, 6.07) is 7.91. The normalized spacial score (nSPS) is 10.4. The molecule has 0 aromatic heterocycles. The Hall–Kier alpha value is -3.19. The first-order valence-corrected chi connectivity index (χ1v) is 8.73. The topological polar surface area (TPSA) is 105 Å². The molecule has 28 heavy (non-hydrogen) atoms. The number of ketones is 1. The van der Waals surface area contributed by atoms with E-state index in [0.717, 1.165) is 11.6 Å². The summed E-state index contributed by atoms with van der Waals surface area (Å²) in [7, 11) is 0. The van der Waals surface area contributed by atoms with E-state index in [1.54, 1.807) is 12.3 Å². The van der Waals surface area contributed by atoms with Crippen LogP contribution in [0.4, 0.5) is 0 Å². The Kier molecular flexibility index (Phi) is 7.71. The fraction of sp³-hybridized carbons (Fsp3) is 0.286. The van der Waals surface area contributed by atoms with Crippen molar-refractivity contribution in [3.8, 4) is 23.0 Å². The van der Waals surface area contributed by atoms with Crippen LogP contribution in [0.15, 0.2) is 48.2 Å². The zero-order chi connectivity index (χ0) is 20.5. The SMILES string of the molecule is CC(C)=COCCOCCOc1ccc(C(=O)c2ccc(O)cc2O)c(O)c1. The second-order valence-electron chi connectivity index (χ2n) is 6.24. The molecule has 0 amide bonds. The van der Waals surface area contributed by atoms with Crippen molar-refractivity contribution in [1.82, 2.24) is 0 Å². The summed E-state index contributed by atoms with van der Waals surface area (Å²) in [5, 5.41) is 29.2. The number of allylic oxidation sites excluding steroid dienone is 1. The summed E-state index contributed by atoms with van der Waals surface area (Å²) < 4.78 is 16.1. The lowest BCUT2D eigenvalue weighted by molar-refractivity contribution is 0.0647. The van der Waals surface area contributed by atoms with Gasteiger partial charge in [-0.2, -0.15) is 0 Å². The quantitative estimate of drug-likeness (QED) is 0.325. The highest BCUT2D eigenvalue weighted by molar-refractivity contribution is 6.12. The Labute approximate surface area is 163 Å². The Balaban J connectivity index is 1.85. The number of phenolic OH excluding ortho intramolecular Hbond substituents is 3. The second kappa shape index (κ2) is 10.2. The molecule has 0 saturated heterocycles. The fourth-order valence-electron chi connectivity index (χ4n) is 2.30. The molecular weight excluding hydrogens is 364 g/mol. The highest BCUT2D eigenvalue weighted by Gasteiger charge is 2.18. The first kappa shape index (κ1) is 21.1. The van der Waals surface area contributed by atoms with E-state index in [9.17, 15) is 20.1 Å². The molecular formula is C21H24O7. The standard InChI is InChI=1S/C21H24O7/c1-14(2)13-27-8-7-26-9-10-28-16-4-6-18(20(24)12-16)21(25)17-5-3-15(22)11-19(17)23/h3-6,11-13,22-24H,7-10H2,1-2H3. The van der Waals surface area contributed by atoms with Crippen molar-refractivity contribution >= 4 is 5.78 Å². The van der Waals surface area contributed by atoms with Crippen LogP contribution in [0, 0.1) is 0 Å². The van der Waals surface area contributed by atoms with Gasteiger partial charge in [-0.15, -0.1) is 0 Å². The van der Waals surface area contributed by atoms with Gasteiger partial charge in [-0.05, 0) is 43.7 Å². The molecule has 3 N–H and O–H groups in total. The molecule has 0 aliphatic carbocycles. The maximum Gasteiger partial charge on any atom is 0.200 e. The van der Waals surface area contributed by atoms with E-state index in [4.69, 9.17) is 14.2 Å². The number of benzene rings is 2. The van der Waals surface area contributed by atoms with Crippen molar-refractivity contribution in [2.75, 3.05) is 26.4 Å². The number of aromatic hydroxyl groups is 3. The highest BCUT2D eigenvalue weighted by Crippen LogP contribution is 2.30. The van der Waals surface area contributed by atoms with Gasteiger partial charge in [-0.1, -0.05) is 0 Å². The largest absolute Gasteiger partial charge is 0.508 e. The van der Waals surface area contributed by atoms with Gasteiger partial charge in [0.05, 0.1) is 30.6 Å².